The number of hydrogen-bond acceptors (Lipinski definition) is 10. The van der Waals surface area contributed by atoms with Gasteiger partial charge in [0.2, 0.25) is 0 Å². The van der Waals surface area contributed by atoms with Crippen LogP contribution in [0.5, 0.6) is 0 Å². The van der Waals surface area contributed by atoms with Gasteiger partial charge in [0.25, 0.3) is 0 Å². The summed E-state index contributed by atoms with van der Waals surface area (Å²) in [6.45, 7) is 4.11. The fourth-order valence-corrected chi connectivity index (χ4v) is 8.00. The average Bonchev–Trinajstić information content (AvgIpc) is 3.45. The van der Waals surface area contributed by atoms with Crippen LogP contribution in [0, 0.1) is 0 Å². The maximum absolute atomic E-state index is 12.9. The smallest absolute Gasteiger partial charge is 0.462 e. The van der Waals surface area contributed by atoms with Crippen LogP contribution in [0.4, 0.5) is 0 Å². The Kier molecular flexibility index (Phi) is 56.1. The van der Waals surface area contributed by atoms with Crippen LogP contribution in [-0.4, -0.2) is 66.5 Å². The van der Waals surface area contributed by atoms with E-state index in [1.807, 2.05) is 18.2 Å². The summed E-state index contributed by atoms with van der Waals surface area (Å²) < 4.78 is 39.4. The number of allylic oxidation sites excluding steroid dienone is 27. The van der Waals surface area contributed by atoms with E-state index < -0.39 is 57.8 Å². The summed E-state index contributed by atoms with van der Waals surface area (Å²) in [7, 11) is -4.80. The molecular formula is C68H105O11P. The average molecular weight is 1130 g/mol. The molecule has 11 nitrogen and oxygen atoms in total. The number of unbranched alkanes of at least 4 members (excludes halogenated alkanes) is 9. The summed E-state index contributed by atoms with van der Waals surface area (Å²) in [6, 6.07) is 0. The first kappa shape index (κ1) is 74.8. The minimum Gasteiger partial charge on any atom is -0.462 e. The first-order chi connectivity index (χ1) is 39.2. The highest BCUT2D eigenvalue weighted by Gasteiger charge is 2.28. The van der Waals surface area contributed by atoms with Gasteiger partial charge in [0.05, 0.1) is 26.2 Å². The van der Waals surface area contributed by atoms with Crippen molar-refractivity contribution >= 4 is 25.7 Å². The van der Waals surface area contributed by atoms with Crippen molar-refractivity contribution in [3.05, 3.63) is 170 Å². The minimum absolute atomic E-state index is 0.0680. The van der Waals surface area contributed by atoms with Gasteiger partial charge in [0, 0.05) is 12.8 Å². The van der Waals surface area contributed by atoms with Gasteiger partial charge >= 0.3 is 25.7 Å². The predicted molar refractivity (Wildman–Crippen MR) is 334 cm³/mol. The minimum atomic E-state index is -4.80. The zero-order valence-electron chi connectivity index (χ0n) is 49.5. The third-order valence-electron chi connectivity index (χ3n) is 11.6. The van der Waals surface area contributed by atoms with Gasteiger partial charge in [-0.3, -0.25) is 23.4 Å². The van der Waals surface area contributed by atoms with Gasteiger partial charge in [-0.25, -0.2) is 4.57 Å². The Morgan fingerprint density at radius 1 is 0.362 bits per heavy atom. The second-order valence-corrected chi connectivity index (χ2v) is 20.5. The predicted octanol–water partition coefficient (Wildman–Crippen LogP) is 18.2. The molecule has 0 fully saturated rings. The van der Waals surface area contributed by atoms with Gasteiger partial charge in [-0.2, -0.15) is 0 Å². The molecule has 0 saturated carbocycles. The van der Waals surface area contributed by atoms with Crippen molar-refractivity contribution in [2.75, 3.05) is 26.4 Å². The quantitative estimate of drug-likeness (QED) is 0.0197. The number of carbonyl (C=O) groups excluding carboxylic acids is 3. The highest BCUT2D eigenvalue weighted by Crippen LogP contribution is 2.43. The Bertz CT molecular complexity index is 1990. The molecule has 0 aliphatic heterocycles. The third-order valence-corrected chi connectivity index (χ3v) is 12.6. The van der Waals surface area contributed by atoms with Crippen LogP contribution in [0.1, 0.15) is 201 Å². The van der Waals surface area contributed by atoms with Crippen LogP contribution in [0.2, 0.25) is 0 Å². The molecule has 0 aliphatic carbocycles. The van der Waals surface area contributed by atoms with Crippen LogP contribution in [0.25, 0.3) is 0 Å². The lowest BCUT2D eigenvalue weighted by Gasteiger charge is -2.21. The number of phosphoric ester groups is 1. The summed E-state index contributed by atoms with van der Waals surface area (Å²) in [6.07, 6.45) is 80.5. The molecule has 80 heavy (non-hydrogen) atoms. The standard InChI is InChI=1S/C68H105O11P/c1-4-7-10-13-16-19-22-25-28-30-32-34-37-39-42-45-48-51-54-57-66(70)75-61-65(79-68(72)59-56-53-50-47-44-41-38-35-33-31-29-26-23-20-17-14-11-8-5-2)63-77-80(73,74)76-62-64(60-69)78-67(71)58-55-52-49-46-43-40-36-27-24-21-18-15-12-9-6-3/h7-12,16-21,25-29,32-36,39,42-43,46,52,55,64-65,69H,4-6,13-15,22-24,30-31,37-38,40-41,44-45,47-51,53-54,56-63H2,1-3H3,(H,73,74)/b10-7-,11-8-,12-9-,19-16-,20-17-,21-18-,28-25-,29-26-,34-32-,35-33-,36-27-,42-39-,46-43-,55-52-. The fourth-order valence-electron chi connectivity index (χ4n) is 7.21. The summed E-state index contributed by atoms with van der Waals surface area (Å²) in [4.78, 5) is 48.6. The molecule has 2 N–H and O–H groups in total. The van der Waals surface area contributed by atoms with E-state index in [4.69, 9.17) is 23.3 Å². The summed E-state index contributed by atoms with van der Waals surface area (Å²) in [5.74, 6) is -1.68. The Morgan fingerprint density at radius 2 is 0.662 bits per heavy atom. The molecule has 0 heterocycles. The van der Waals surface area contributed by atoms with Gasteiger partial charge in [-0.15, -0.1) is 0 Å². The van der Waals surface area contributed by atoms with E-state index in [0.717, 1.165) is 141 Å². The maximum Gasteiger partial charge on any atom is 0.472 e. The van der Waals surface area contributed by atoms with Gasteiger partial charge in [-0.05, 0) is 128 Å². The van der Waals surface area contributed by atoms with Crippen molar-refractivity contribution in [1.82, 2.24) is 0 Å². The van der Waals surface area contributed by atoms with E-state index in [1.165, 1.54) is 0 Å². The van der Waals surface area contributed by atoms with Gasteiger partial charge in [0.15, 0.2) is 6.10 Å². The van der Waals surface area contributed by atoms with Crippen molar-refractivity contribution in [1.29, 1.82) is 0 Å². The van der Waals surface area contributed by atoms with Crippen molar-refractivity contribution in [2.24, 2.45) is 0 Å². The molecule has 0 aromatic carbocycles. The fraction of sp³-hybridized carbons (Fsp3) is 0.544. The van der Waals surface area contributed by atoms with Gasteiger partial charge in [0.1, 0.15) is 12.7 Å². The Balaban J connectivity index is 4.92. The number of aliphatic hydroxyl groups is 1. The van der Waals surface area contributed by atoms with E-state index in [1.54, 1.807) is 6.08 Å². The Labute approximate surface area is 485 Å². The Hall–Kier alpha value is -5.16. The van der Waals surface area contributed by atoms with Crippen molar-refractivity contribution in [3.63, 3.8) is 0 Å². The second kappa shape index (κ2) is 59.9. The van der Waals surface area contributed by atoms with Crippen molar-refractivity contribution in [2.45, 2.75) is 213 Å². The van der Waals surface area contributed by atoms with E-state index in [0.29, 0.717) is 19.3 Å². The van der Waals surface area contributed by atoms with Crippen LogP contribution >= 0.6 is 7.82 Å². The third kappa shape index (κ3) is 57.5. The molecule has 12 heteroatoms. The summed E-state index contributed by atoms with van der Waals surface area (Å²) in [5, 5.41) is 9.81. The largest absolute Gasteiger partial charge is 0.472 e. The number of phosphoric acid groups is 1. The Morgan fingerprint density at radius 3 is 1.05 bits per heavy atom. The number of esters is 3. The van der Waals surface area contributed by atoms with Crippen LogP contribution in [0.15, 0.2) is 170 Å². The van der Waals surface area contributed by atoms with E-state index in [2.05, 4.69) is 167 Å². The number of aliphatic hydroxyl groups excluding tert-OH is 1. The first-order valence-corrected chi connectivity index (χ1v) is 31.5. The second-order valence-electron chi connectivity index (χ2n) is 19.0. The van der Waals surface area contributed by atoms with Crippen LogP contribution in [-0.2, 0) is 42.2 Å². The molecule has 0 spiro atoms. The monoisotopic (exact) mass is 1130 g/mol. The molecule has 3 unspecified atom stereocenters. The van der Waals surface area contributed by atoms with Crippen molar-refractivity contribution < 1.29 is 52.2 Å². The molecule has 0 bridgehead atoms. The highest BCUT2D eigenvalue weighted by molar-refractivity contribution is 7.47. The zero-order valence-corrected chi connectivity index (χ0v) is 50.4. The van der Waals surface area contributed by atoms with Gasteiger partial charge in [-0.1, -0.05) is 223 Å². The van der Waals surface area contributed by atoms with E-state index in [9.17, 15) is 28.9 Å². The van der Waals surface area contributed by atoms with Crippen LogP contribution in [0.3, 0.4) is 0 Å². The SMILES string of the molecule is CC/C=C\C/C=C\C/C=C\C/C=C\C/C=C\CCCCCC(=O)OCC(COP(=O)(O)OCC(CO)OC(=O)C/C=C\C/C=C\C/C=C\C/C=C\C/C=C\CC)OC(=O)CCCCCCCC/C=C\C/C=C\C/C=C\C/C=C\CC. The molecule has 448 valence electrons. The molecule has 0 aromatic rings. The number of ether oxygens (including phenoxy) is 3. The topological polar surface area (TPSA) is 155 Å². The summed E-state index contributed by atoms with van der Waals surface area (Å²) in [5.41, 5.74) is 0. The number of carbonyl (C=O) groups is 3. The van der Waals surface area contributed by atoms with Crippen LogP contribution < -0.4 is 0 Å². The van der Waals surface area contributed by atoms with E-state index in [-0.39, 0.29) is 25.9 Å². The van der Waals surface area contributed by atoms with Crippen molar-refractivity contribution in [3.8, 4) is 0 Å². The zero-order chi connectivity index (χ0) is 58.3. The molecule has 0 saturated heterocycles. The normalized spacial score (nSPS) is 14.5. The lowest BCUT2D eigenvalue weighted by atomic mass is 10.1. The maximum atomic E-state index is 12.9. The lowest BCUT2D eigenvalue weighted by molar-refractivity contribution is -0.161. The molecule has 0 amide bonds. The molecule has 0 rings (SSSR count). The van der Waals surface area contributed by atoms with Gasteiger partial charge < -0.3 is 24.2 Å². The molecule has 0 radical (unpaired) electrons. The number of rotatable bonds is 53. The number of hydrogen-bond donors (Lipinski definition) is 2. The molecular weight excluding hydrogens is 1020 g/mol. The summed E-state index contributed by atoms with van der Waals surface area (Å²) >= 11 is 0. The first-order valence-electron chi connectivity index (χ1n) is 30.0. The van der Waals surface area contributed by atoms with E-state index >= 15 is 0 Å². The lowest BCUT2D eigenvalue weighted by Crippen LogP contribution is -2.30. The highest BCUT2D eigenvalue weighted by atomic mass is 31.2. The molecule has 3 atom stereocenters. The molecule has 0 aromatic heterocycles. The molecule has 0 aliphatic rings.